The van der Waals surface area contributed by atoms with Gasteiger partial charge in [0.2, 0.25) is 0 Å². The first-order valence-electron chi connectivity index (χ1n) is 10.9. The topological polar surface area (TPSA) is 213 Å². The number of aromatic nitrogens is 4. The van der Waals surface area contributed by atoms with Crippen LogP contribution in [0.3, 0.4) is 0 Å². The number of nitrogen functional groups attached to an aromatic ring is 1. The molecule has 2 aliphatic rings. The number of nitrogens with two attached hydrogens (primary N) is 1. The van der Waals surface area contributed by atoms with E-state index in [9.17, 15) is 29.5 Å². The van der Waals surface area contributed by atoms with Crippen molar-refractivity contribution in [1.82, 2.24) is 19.1 Å². The molecule has 0 bridgehead atoms. The van der Waals surface area contributed by atoms with Gasteiger partial charge in [-0.25, -0.2) is 0 Å². The fourth-order valence-corrected chi connectivity index (χ4v) is 6.04. The van der Waals surface area contributed by atoms with Gasteiger partial charge in [0.05, 0.1) is 0 Å². The molecule has 2 aliphatic heterocycles. The van der Waals surface area contributed by atoms with Gasteiger partial charge in [0.25, 0.3) is 0 Å². The van der Waals surface area contributed by atoms with E-state index in [-0.39, 0.29) is 25.3 Å². The zero-order valence-electron chi connectivity index (χ0n) is 19.0. The van der Waals surface area contributed by atoms with Crippen LogP contribution in [0.4, 0.5) is 5.82 Å². The molecule has 0 spiro atoms. The van der Waals surface area contributed by atoms with Crippen LogP contribution in [0.15, 0.2) is 32.8 Å². The molecule has 7 atom stereocenters. The third kappa shape index (κ3) is 5.94. The Hall–Kier alpha value is -1.97. The van der Waals surface area contributed by atoms with E-state index in [4.69, 9.17) is 24.3 Å². The summed E-state index contributed by atoms with van der Waals surface area (Å²) in [7, 11) is 0. The number of aliphatic hydroxyl groups excluding tert-OH is 2. The summed E-state index contributed by atoms with van der Waals surface area (Å²) in [6, 6.07) is 1.43. The van der Waals surface area contributed by atoms with Crippen LogP contribution in [0.25, 0.3) is 0 Å². The third-order valence-corrected chi connectivity index (χ3v) is 8.07. The van der Waals surface area contributed by atoms with E-state index >= 15 is 0 Å². The maximum absolute atomic E-state index is 12.2. The number of hydrogen-bond donors (Lipinski definition) is 5. The molecule has 0 aliphatic carbocycles. The molecule has 17 heteroatoms. The summed E-state index contributed by atoms with van der Waals surface area (Å²) in [4.78, 5) is 52.4. The number of anilines is 1. The SMILES string of the molecule is Cc1cn([C@H]2C[C@H](O[P+](O)([Se-])OC[C@H]3O[C@@H](n4ccc(N)nc4=O)C[C@@H]3O)[C@@H](CO)O2)c(=O)[nH]c1=O. The average Bonchev–Trinajstić information content (AvgIpc) is 3.37. The molecule has 0 amide bonds. The minimum absolute atomic E-state index is 0.0584. The van der Waals surface area contributed by atoms with E-state index in [1.807, 2.05) is 0 Å². The van der Waals surface area contributed by atoms with Crippen molar-refractivity contribution in [3.8, 4) is 0 Å². The van der Waals surface area contributed by atoms with Crippen molar-refractivity contribution in [2.75, 3.05) is 18.9 Å². The molecule has 6 N–H and O–H groups in total. The summed E-state index contributed by atoms with van der Waals surface area (Å²) in [6.45, 7) is -2.83. The standard InChI is InChI=1S/C19H26N5O10PSe/c1-9-6-24(19(29)22-17(9)27)16-5-11(12(7-25)32-16)34-35(30,36)31-8-13-10(26)4-15(33-13)23-3-2-14(20)21-18(23)28/h2-3,6,10-13,15-16,25-26H,4-5,7-8H2,1H3,(H,30,36)(H2,20,21,28)(H,22,27,29)/t10-,11-,12+,13+,15+,16+,35?/m0/s1. The van der Waals surface area contributed by atoms with Gasteiger partial charge in [-0.1, -0.05) is 0 Å². The van der Waals surface area contributed by atoms with Gasteiger partial charge in [0, 0.05) is 0 Å². The second kappa shape index (κ2) is 10.8. The Bertz CT molecular complexity index is 1270. The molecule has 2 fully saturated rings. The van der Waals surface area contributed by atoms with Crippen LogP contribution in [0.5, 0.6) is 0 Å². The first-order valence-corrected chi connectivity index (χ1v) is 14.7. The number of hydrogen-bond acceptors (Lipinski definition) is 12. The van der Waals surface area contributed by atoms with Gasteiger partial charge in [0.15, 0.2) is 0 Å². The van der Waals surface area contributed by atoms with Crippen LogP contribution in [0.1, 0.15) is 30.9 Å². The van der Waals surface area contributed by atoms with E-state index in [0.29, 0.717) is 5.56 Å². The van der Waals surface area contributed by atoms with Gasteiger partial charge in [0.1, 0.15) is 0 Å². The molecule has 15 nitrogen and oxygen atoms in total. The molecule has 0 saturated carbocycles. The van der Waals surface area contributed by atoms with Crippen molar-refractivity contribution >= 4 is 28.0 Å². The fourth-order valence-electron chi connectivity index (χ4n) is 4.00. The van der Waals surface area contributed by atoms with Gasteiger partial charge >= 0.3 is 212 Å². The van der Waals surface area contributed by atoms with E-state index in [1.165, 1.54) is 34.5 Å². The predicted octanol–water partition coefficient (Wildman–Crippen LogP) is -2.15. The summed E-state index contributed by atoms with van der Waals surface area (Å²) >= 11 is 2.46. The van der Waals surface area contributed by atoms with Crippen LogP contribution in [0.2, 0.25) is 0 Å². The van der Waals surface area contributed by atoms with Crippen molar-refractivity contribution in [1.29, 1.82) is 0 Å². The zero-order chi connectivity index (χ0) is 26.2. The number of nitrogens with one attached hydrogen (secondary N) is 1. The summed E-state index contributed by atoms with van der Waals surface area (Å²) in [5, 5.41) is 20.1. The van der Waals surface area contributed by atoms with Gasteiger partial charge in [-0.15, -0.1) is 0 Å². The molecule has 2 aromatic rings. The third-order valence-electron chi connectivity index (χ3n) is 5.85. The van der Waals surface area contributed by atoms with Crippen molar-refractivity contribution in [2.45, 2.75) is 56.6 Å². The Morgan fingerprint density at radius 1 is 1.25 bits per heavy atom. The first kappa shape index (κ1) is 27.1. The Kier molecular flexibility index (Phi) is 8.12. The van der Waals surface area contributed by atoms with Gasteiger partial charge in [-0.2, -0.15) is 0 Å². The van der Waals surface area contributed by atoms with Crippen LogP contribution in [0, 0.1) is 6.92 Å². The fraction of sp³-hybridized carbons (Fsp3) is 0.579. The molecular formula is C19H26N5O10PSe. The number of rotatable bonds is 8. The number of aryl methyl sites for hydroxylation is 1. The summed E-state index contributed by atoms with van der Waals surface area (Å²) in [6.07, 6.45) is -2.38. The molecular weight excluding hydrogens is 568 g/mol. The van der Waals surface area contributed by atoms with E-state index in [2.05, 4.69) is 25.5 Å². The molecule has 0 aromatic carbocycles. The van der Waals surface area contributed by atoms with Crippen LogP contribution in [-0.2, 0) is 18.5 Å². The molecule has 2 aromatic heterocycles. The van der Waals surface area contributed by atoms with E-state index < -0.39 is 67.1 Å². The summed E-state index contributed by atoms with van der Waals surface area (Å²) < 4.78 is 25.0. The van der Waals surface area contributed by atoms with Crippen LogP contribution < -0.4 is 22.7 Å². The number of H-pyrrole nitrogens is 1. The number of aromatic amines is 1. The number of aliphatic hydroxyl groups is 2. The van der Waals surface area contributed by atoms with Crippen LogP contribution >= 0.6 is 6.63 Å². The summed E-state index contributed by atoms with van der Waals surface area (Å²) in [5.41, 5.74) is 3.95. The Morgan fingerprint density at radius 3 is 2.64 bits per heavy atom. The van der Waals surface area contributed by atoms with E-state index in [1.54, 1.807) is 0 Å². The Labute approximate surface area is 211 Å². The molecule has 2 saturated heterocycles. The van der Waals surface area contributed by atoms with E-state index in [0.717, 1.165) is 0 Å². The van der Waals surface area contributed by atoms with Crippen molar-refractivity contribution in [3.63, 3.8) is 0 Å². The van der Waals surface area contributed by atoms with Crippen molar-refractivity contribution in [3.05, 3.63) is 55.3 Å². The number of nitrogens with zero attached hydrogens (tertiary/aromatic N) is 3. The predicted molar refractivity (Wildman–Crippen MR) is 125 cm³/mol. The monoisotopic (exact) mass is 595 g/mol. The molecule has 4 rings (SSSR count). The van der Waals surface area contributed by atoms with Gasteiger partial charge in [-0.05, 0) is 0 Å². The average molecular weight is 594 g/mol. The molecule has 198 valence electrons. The molecule has 0 radical (unpaired) electrons. The summed E-state index contributed by atoms with van der Waals surface area (Å²) in [5.74, 6) is 0.0584. The van der Waals surface area contributed by atoms with Gasteiger partial charge in [-0.3, -0.25) is 0 Å². The van der Waals surface area contributed by atoms with Crippen molar-refractivity contribution < 1.29 is 33.6 Å². The second-order valence-electron chi connectivity index (χ2n) is 8.41. The molecule has 36 heavy (non-hydrogen) atoms. The van der Waals surface area contributed by atoms with Crippen LogP contribution in [-0.4, -0.2) is 87.4 Å². The van der Waals surface area contributed by atoms with Crippen molar-refractivity contribution in [2.24, 2.45) is 0 Å². The normalized spacial score (nSPS) is 29.9. The quantitative estimate of drug-likeness (QED) is 0.164. The Morgan fingerprint density at radius 2 is 1.94 bits per heavy atom. The zero-order valence-corrected chi connectivity index (χ0v) is 21.6. The second-order valence-corrected chi connectivity index (χ2v) is 12.7. The first-order chi connectivity index (χ1) is 17.0. The molecule has 1 unspecified atom stereocenters. The van der Waals surface area contributed by atoms with Gasteiger partial charge < -0.3 is 0 Å². The molecule has 4 heterocycles. The Balaban J connectivity index is 1.37. The minimum atomic E-state index is -3.63. The maximum atomic E-state index is 12.2. The number of ether oxygens (including phenoxy) is 2.